The third-order valence-corrected chi connectivity index (χ3v) is 2.40. The van der Waals surface area contributed by atoms with Crippen molar-refractivity contribution in [3.8, 4) is 11.1 Å². The van der Waals surface area contributed by atoms with Crippen molar-refractivity contribution in [3.05, 3.63) is 53.9 Å². The van der Waals surface area contributed by atoms with Crippen LogP contribution in [0.3, 0.4) is 0 Å². The summed E-state index contributed by atoms with van der Waals surface area (Å²) in [6.45, 7) is 1.38. The Balaban J connectivity index is 2.65. The molecule has 4 heteroatoms. The van der Waals surface area contributed by atoms with Gasteiger partial charge in [0.05, 0.1) is 0 Å². The van der Waals surface area contributed by atoms with E-state index in [1.54, 1.807) is 0 Å². The van der Waals surface area contributed by atoms with Crippen LogP contribution >= 0.6 is 0 Å². The number of Topliss-reactive ketones (excluding diaryl/α,β-unsaturated/α-hetero) is 1. The van der Waals surface area contributed by atoms with Gasteiger partial charge in [0.1, 0.15) is 5.82 Å². The average Bonchev–Trinajstić information content (AvgIpc) is 2.28. The van der Waals surface area contributed by atoms with Crippen LogP contribution in [0.4, 0.5) is 8.78 Å². The molecule has 0 amide bonds. The second kappa shape index (κ2) is 4.41. The van der Waals surface area contributed by atoms with Crippen LogP contribution in [-0.4, -0.2) is 10.8 Å². The van der Waals surface area contributed by atoms with Crippen LogP contribution in [0.2, 0.25) is 0 Å². The summed E-state index contributed by atoms with van der Waals surface area (Å²) in [6.07, 6.45) is 1.28. The van der Waals surface area contributed by atoms with Gasteiger partial charge in [0.2, 0.25) is 5.95 Å². The van der Waals surface area contributed by atoms with Crippen molar-refractivity contribution < 1.29 is 13.6 Å². The highest BCUT2D eigenvalue weighted by Gasteiger charge is 2.11. The molecule has 0 N–H and O–H groups in total. The molecule has 0 saturated carbocycles. The minimum absolute atomic E-state index is 0.197. The molecule has 1 heterocycles. The summed E-state index contributed by atoms with van der Waals surface area (Å²) in [5.74, 6) is -1.33. The van der Waals surface area contributed by atoms with Crippen molar-refractivity contribution >= 4 is 5.78 Å². The molecule has 0 bridgehead atoms. The molecule has 0 fully saturated rings. The van der Waals surface area contributed by atoms with E-state index >= 15 is 0 Å². The number of hydrogen-bond acceptors (Lipinski definition) is 2. The molecule has 0 aliphatic rings. The molecule has 1 aromatic carbocycles. The fourth-order valence-electron chi connectivity index (χ4n) is 1.63. The Morgan fingerprint density at radius 2 is 1.94 bits per heavy atom. The first-order valence-corrected chi connectivity index (χ1v) is 5.00. The maximum Gasteiger partial charge on any atom is 0.213 e. The number of rotatable bonds is 2. The van der Waals surface area contributed by atoms with E-state index in [1.807, 2.05) is 0 Å². The molecule has 0 radical (unpaired) electrons. The summed E-state index contributed by atoms with van der Waals surface area (Å²) in [4.78, 5) is 14.8. The molecule has 0 saturated heterocycles. The molecular formula is C13H9F2NO. The van der Waals surface area contributed by atoms with Crippen molar-refractivity contribution in [2.75, 3.05) is 0 Å². The largest absolute Gasteiger partial charge is 0.294 e. The molecular weight excluding hydrogens is 224 g/mol. The van der Waals surface area contributed by atoms with Crippen LogP contribution < -0.4 is 0 Å². The Hall–Kier alpha value is -2.10. The molecule has 2 rings (SSSR count). The number of hydrogen-bond donors (Lipinski definition) is 0. The topological polar surface area (TPSA) is 30.0 Å². The number of nitrogens with zero attached hydrogens (tertiary/aromatic N) is 1. The second-order valence-electron chi connectivity index (χ2n) is 3.61. The van der Waals surface area contributed by atoms with E-state index < -0.39 is 11.8 Å². The van der Waals surface area contributed by atoms with Gasteiger partial charge in [-0.05, 0) is 42.3 Å². The quantitative estimate of drug-likeness (QED) is 0.588. The van der Waals surface area contributed by atoms with Crippen molar-refractivity contribution in [2.45, 2.75) is 6.92 Å². The molecule has 0 atom stereocenters. The van der Waals surface area contributed by atoms with E-state index in [0.717, 1.165) is 0 Å². The lowest BCUT2D eigenvalue weighted by Gasteiger charge is -2.07. The van der Waals surface area contributed by atoms with Crippen molar-refractivity contribution in [1.82, 2.24) is 4.98 Å². The first-order valence-electron chi connectivity index (χ1n) is 5.00. The van der Waals surface area contributed by atoms with Gasteiger partial charge in [-0.25, -0.2) is 9.37 Å². The van der Waals surface area contributed by atoms with Crippen LogP contribution in [0, 0.1) is 11.8 Å². The first kappa shape index (κ1) is 11.4. The van der Waals surface area contributed by atoms with Crippen molar-refractivity contribution in [3.63, 3.8) is 0 Å². The number of benzene rings is 1. The number of aromatic nitrogens is 1. The molecule has 0 spiro atoms. The molecule has 2 aromatic rings. The summed E-state index contributed by atoms with van der Waals surface area (Å²) in [5, 5.41) is 0. The summed E-state index contributed by atoms with van der Waals surface area (Å²) in [5.41, 5.74) is 1.16. The van der Waals surface area contributed by atoms with E-state index in [0.29, 0.717) is 16.7 Å². The van der Waals surface area contributed by atoms with Crippen LogP contribution in [0.5, 0.6) is 0 Å². The summed E-state index contributed by atoms with van der Waals surface area (Å²) < 4.78 is 26.2. The van der Waals surface area contributed by atoms with E-state index in [1.165, 1.54) is 43.5 Å². The number of ketones is 1. The zero-order chi connectivity index (χ0) is 12.4. The van der Waals surface area contributed by atoms with Gasteiger partial charge < -0.3 is 0 Å². The molecule has 17 heavy (non-hydrogen) atoms. The van der Waals surface area contributed by atoms with E-state index in [-0.39, 0.29) is 5.78 Å². The van der Waals surface area contributed by atoms with Crippen molar-refractivity contribution in [1.29, 1.82) is 0 Å². The minimum atomic E-state index is -0.665. The number of carbonyl (C=O) groups excluding carboxylic acids is 1. The van der Waals surface area contributed by atoms with E-state index in [2.05, 4.69) is 4.98 Å². The molecule has 2 nitrogen and oxygen atoms in total. The van der Waals surface area contributed by atoms with Crippen molar-refractivity contribution in [2.24, 2.45) is 0 Å². The van der Waals surface area contributed by atoms with E-state index in [4.69, 9.17) is 0 Å². The van der Waals surface area contributed by atoms with Gasteiger partial charge in [-0.15, -0.1) is 0 Å². The highest BCUT2D eigenvalue weighted by Crippen LogP contribution is 2.25. The van der Waals surface area contributed by atoms with Gasteiger partial charge in [-0.1, -0.05) is 0 Å². The van der Waals surface area contributed by atoms with Crippen LogP contribution in [-0.2, 0) is 0 Å². The molecule has 0 unspecified atom stereocenters. The predicted molar refractivity (Wildman–Crippen MR) is 59.6 cm³/mol. The van der Waals surface area contributed by atoms with E-state index in [9.17, 15) is 13.6 Å². The van der Waals surface area contributed by atoms with Gasteiger partial charge in [0.15, 0.2) is 5.78 Å². The highest BCUT2D eigenvalue weighted by atomic mass is 19.1. The molecule has 86 valence electrons. The number of pyridine rings is 1. The highest BCUT2D eigenvalue weighted by molar-refractivity contribution is 6.00. The third kappa shape index (κ3) is 2.36. The summed E-state index contributed by atoms with van der Waals surface area (Å²) in [7, 11) is 0. The monoisotopic (exact) mass is 233 g/mol. The molecule has 0 aliphatic carbocycles. The zero-order valence-electron chi connectivity index (χ0n) is 9.08. The molecule has 0 aliphatic heterocycles. The van der Waals surface area contributed by atoms with Crippen LogP contribution in [0.25, 0.3) is 11.1 Å². The Bertz CT molecular complexity index is 581. The lowest BCUT2D eigenvalue weighted by Crippen LogP contribution is -1.97. The minimum Gasteiger partial charge on any atom is -0.294 e. The van der Waals surface area contributed by atoms with Crippen LogP contribution in [0.15, 0.2) is 36.5 Å². The van der Waals surface area contributed by atoms with Gasteiger partial charge in [0.25, 0.3) is 0 Å². The van der Waals surface area contributed by atoms with Gasteiger partial charge in [-0.2, -0.15) is 4.39 Å². The Kier molecular flexibility index (Phi) is 2.95. The first-order chi connectivity index (χ1) is 8.08. The van der Waals surface area contributed by atoms with Gasteiger partial charge >= 0.3 is 0 Å². The fraction of sp³-hybridized carbons (Fsp3) is 0.0769. The number of carbonyl (C=O) groups is 1. The summed E-state index contributed by atoms with van der Waals surface area (Å²) in [6, 6.07) is 6.51. The SMILES string of the molecule is CC(=O)c1ccc(F)cc1-c1ccnc(F)c1. The standard InChI is InChI=1S/C13H9F2NO/c1-8(17)11-3-2-10(14)7-12(11)9-4-5-16-13(15)6-9/h2-7H,1H3. The lowest BCUT2D eigenvalue weighted by atomic mass is 9.98. The second-order valence-corrected chi connectivity index (χ2v) is 3.61. The number of halogens is 2. The Morgan fingerprint density at radius 3 is 2.59 bits per heavy atom. The lowest BCUT2D eigenvalue weighted by molar-refractivity contribution is 0.101. The Labute approximate surface area is 96.9 Å². The summed E-state index contributed by atoms with van der Waals surface area (Å²) >= 11 is 0. The van der Waals surface area contributed by atoms with Crippen LogP contribution in [0.1, 0.15) is 17.3 Å². The normalized spacial score (nSPS) is 10.3. The smallest absolute Gasteiger partial charge is 0.213 e. The van der Waals surface area contributed by atoms with Gasteiger partial charge in [0, 0.05) is 17.8 Å². The molecule has 1 aromatic heterocycles. The predicted octanol–water partition coefficient (Wildman–Crippen LogP) is 3.23. The maximum atomic E-state index is 13.2. The third-order valence-electron chi connectivity index (χ3n) is 2.40. The zero-order valence-corrected chi connectivity index (χ0v) is 9.08. The van der Waals surface area contributed by atoms with Gasteiger partial charge in [-0.3, -0.25) is 4.79 Å². The maximum absolute atomic E-state index is 13.2. The Morgan fingerprint density at radius 1 is 1.18 bits per heavy atom. The average molecular weight is 233 g/mol. The fourth-order valence-corrected chi connectivity index (χ4v) is 1.63.